The van der Waals surface area contributed by atoms with Crippen LogP contribution in [0.1, 0.15) is 11.1 Å². The molecule has 0 unspecified atom stereocenters. The number of rotatable bonds is 9. The molecule has 146 valence electrons. The van der Waals surface area contributed by atoms with Crippen molar-refractivity contribution < 1.29 is 29.2 Å². The average molecular weight is 374 g/mol. The minimum Gasteiger partial charge on any atom is -0.394 e. The van der Waals surface area contributed by atoms with Gasteiger partial charge >= 0.3 is 0 Å². The van der Waals surface area contributed by atoms with Crippen molar-refractivity contribution in [3.63, 3.8) is 0 Å². The van der Waals surface area contributed by atoms with Crippen molar-refractivity contribution in [3.05, 3.63) is 71.8 Å². The summed E-state index contributed by atoms with van der Waals surface area (Å²) in [7, 11) is 1.52. The molecule has 1 aliphatic rings. The summed E-state index contributed by atoms with van der Waals surface area (Å²) < 4.78 is 23.3. The third-order valence-corrected chi connectivity index (χ3v) is 4.58. The van der Waals surface area contributed by atoms with Crippen molar-refractivity contribution >= 4 is 0 Å². The summed E-state index contributed by atoms with van der Waals surface area (Å²) in [6, 6.07) is 19.5. The van der Waals surface area contributed by atoms with Gasteiger partial charge in [-0.05, 0) is 11.1 Å². The van der Waals surface area contributed by atoms with Gasteiger partial charge in [0.15, 0.2) is 6.29 Å². The number of hydrogen-bond acceptors (Lipinski definition) is 6. The van der Waals surface area contributed by atoms with Gasteiger partial charge in [-0.1, -0.05) is 60.7 Å². The highest BCUT2D eigenvalue weighted by molar-refractivity contribution is 5.14. The lowest BCUT2D eigenvalue weighted by atomic mass is 10.1. The van der Waals surface area contributed by atoms with E-state index in [2.05, 4.69) is 0 Å². The van der Waals surface area contributed by atoms with Crippen LogP contribution in [0.4, 0.5) is 0 Å². The van der Waals surface area contributed by atoms with Gasteiger partial charge in [-0.2, -0.15) is 0 Å². The average Bonchev–Trinajstić information content (AvgIpc) is 3.09. The minimum absolute atomic E-state index is 0.338. The Kier molecular flexibility index (Phi) is 7.34. The van der Waals surface area contributed by atoms with Crippen molar-refractivity contribution in [2.45, 2.75) is 43.9 Å². The molecule has 1 heterocycles. The van der Waals surface area contributed by atoms with Gasteiger partial charge in [-0.3, -0.25) is 0 Å². The van der Waals surface area contributed by atoms with Crippen molar-refractivity contribution in [1.29, 1.82) is 0 Å². The van der Waals surface area contributed by atoms with Crippen LogP contribution in [0.5, 0.6) is 0 Å². The van der Waals surface area contributed by atoms with Gasteiger partial charge in [-0.15, -0.1) is 0 Å². The summed E-state index contributed by atoms with van der Waals surface area (Å²) >= 11 is 0. The molecular weight excluding hydrogens is 348 g/mol. The molecule has 6 nitrogen and oxygen atoms in total. The largest absolute Gasteiger partial charge is 0.394 e. The lowest BCUT2D eigenvalue weighted by Crippen LogP contribution is -2.43. The number of methoxy groups -OCH3 is 1. The van der Waals surface area contributed by atoms with Crippen LogP contribution in [0.25, 0.3) is 0 Å². The minimum atomic E-state index is -1.09. The van der Waals surface area contributed by atoms with E-state index in [1.165, 1.54) is 7.11 Å². The lowest BCUT2D eigenvalue weighted by Gasteiger charge is -2.26. The molecule has 27 heavy (non-hydrogen) atoms. The molecule has 2 aromatic carbocycles. The second-order valence-corrected chi connectivity index (χ2v) is 6.48. The molecular formula is C21H26O6. The first-order valence-electron chi connectivity index (χ1n) is 9.01. The van der Waals surface area contributed by atoms with E-state index < -0.39 is 37.3 Å². The van der Waals surface area contributed by atoms with E-state index >= 15 is 0 Å². The predicted octanol–water partition coefficient (Wildman–Crippen LogP) is 1.88. The molecule has 2 N–H and O–H groups in total. The fourth-order valence-electron chi connectivity index (χ4n) is 3.15. The molecule has 0 bridgehead atoms. The van der Waals surface area contributed by atoms with Gasteiger partial charge in [-0.25, -0.2) is 0 Å². The van der Waals surface area contributed by atoms with Crippen molar-refractivity contribution in [1.82, 2.24) is 0 Å². The van der Waals surface area contributed by atoms with Crippen LogP contribution in [0.15, 0.2) is 60.7 Å². The maximum Gasteiger partial charge on any atom is 0.186 e. The number of benzene rings is 2. The molecule has 0 saturated carbocycles. The van der Waals surface area contributed by atoms with Gasteiger partial charge in [0, 0.05) is 7.11 Å². The fraction of sp³-hybridized carbons (Fsp3) is 0.429. The molecule has 0 amide bonds. The summed E-state index contributed by atoms with van der Waals surface area (Å²) in [6.45, 7) is 0.269. The highest BCUT2D eigenvalue weighted by Crippen LogP contribution is 2.30. The van der Waals surface area contributed by atoms with Crippen LogP contribution in [-0.2, 0) is 32.2 Å². The predicted molar refractivity (Wildman–Crippen MR) is 98.8 cm³/mol. The van der Waals surface area contributed by atoms with Crippen LogP contribution < -0.4 is 0 Å². The standard InChI is InChI=1S/C21H26O6/c1-24-21-20(26-14-16-10-6-3-7-11-16)19(18(27-21)17(23)12-22)25-13-15-8-4-2-5-9-15/h2-11,17-23H,12-14H2,1H3/t17-,18+,19+,20-,21+/m1/s1. The van der Waals surface area contributed by atoms with Crippen LogP contribution in [0.2, 0.25) is 0 Å². The van der Waals surface area contributed by atoms with Gasteiger partial charge in [0.25, 0.3) is 0 Å². The van der Waals surface area contributed by atoms with Crippen molar-refractivity contribution in [3.8, 4) is 0 Å². The number of ether oxygens (including phenoxy) is 4. The van der Waals surface area contributed by atoms with Crippen LogP contribution in [0, 0.1) is 0 Å². The van der Waals surface area contributed by atoms with E-state index in [-0.39, 0.29) is 0 Å². The first-order valence-corrected chi connectivity index (χ1v) is 9.01. The Hall–Kier alpha value is -1.80. The number of hydrogen-bond donors (Lipinski definition) is 2. The first-order chi connectivity index (χ1) is 13.2. The highest BCUT2D eigenvalue weighted by atomic mass is 16.7. The van der Waals surface area contributed by atoms with Gasteiger partial charge < -0.3 is 29.2 Å². The quantitative estimate of drug-likeness (QED) is 0.698. The Morgan fingerprint density at radius 1 is 0.889 bits per heavy atom. The highest BCUT2D eigenvalue weighted by Gasteiger charge is 2.49. The van der Waals surface area contributed by atoms with Crippen LogP contribution in [-0.4, -0.2) is 54.6 Å². The third kappa shape index (κ3) is 5.13. The zero-order valence-corrected chi connectivity index (χ0v) is 15.3. The Morgan fingerprint density at radius 3 is 1.89 bits per heavy atom. The topological polar surface area (TPSA) is 77.4 Å². The van der Waals surface area contributed by atoms with E-state index in [9.17, 15) is 10.2 Å². The molecule has 0 radical (unpaired) electrons. The van der Waals surface area contributed by atoms with E-state index in [1.54, 1.807) is 0 Å². The molecule has 6 heteroatoms. The summed E-state index contributed by atoms with van der Waals surface area (Å²) in [5.41, 5.74) is 2.01. The van der Waals surface area contributed by atoms with E-state index in [0.29, 0.717) is 13.2 Å². The van der Waals surface area contributed by atoms with Crippen LogP contribution in [0.3, 0.4) is 0 Å². The van der Waals surface area contributed by atoms with Crippen LogP contribution >= 0.6 is 0 Å². The number of aliphatic hydroxyl groups is 2. The smallest absolute Gasteiger partial charge is 0.186 e. The summed E-state index contributed by atoms with van der Waals surface area (Å²) in [6.07, 6.45) is -3.65. The second-order valence-electron chi connectivity index (χ2n) is 6.48. The maximum absolute atomic E-state index is 10.2. The second kappa shape index (κ2) is 9.94. The Bertz CT molecular complexity index is 665. The van der Waals surface area contributed by atoms with Crippen molar-refractivity contribution in [2.75, 3.05) is 13.7 Å². The van der Waals surface area contributed by atoms with E-state index in [4.69, 9.17) is 18.9 Å². The monoisotopic (exact) mass is 374 g/mol. The van der Waals surface area contributed by atoms with Gasteiger partial charge in [0.2, 0.25) is 0 Å². The van der Waals surface area contributed by atoms with Gasteiger partial charge in [0.05, 0.1) is 19.8 Å². The van der Waals surface area contributed by atoms with Crippen molar-refractivity contribution in [2.24, 2.45) is 0 Å². The zero-order chi connectivity index (χ0) is 19.1. The Labute approximate surface area is 159 Å². The SMILES string of the molecule is CO[C@H]1O[C@@H]([C@H](O)CO)[C@H](OCc2ccccc2)[C@H]1OCc1ccccc1. The van der Waals surface area contributed by atoms with Gasteiger partial charge in [0.1, 0.15) is 24.4 Å². The molecule has 5 atom stereocenters. The molecule has 1 saturated heterocycles. The number of aliphatic hydroxyl groups excluding tert-OH is 2. The van der Waals surface area contributed by atoms with E-state index in [1.807, 2.05) is 60.7 Å². The Balaban J connectivity index is 1.72. The molecule has 3 rings (SSSR count). The molecule has 0 spiro atoms. The molecule has 0 aliphatic carbocycles. The normalized spacial score (nSPS) is 26.2. The van der Waals surface area contributed by atoms with E-state index in [0.717, 1.165) is 11.1 Å². The molecule has 2 aromatic rings. The summed E-state index contributed by atoms with van der Waals surface area (Å²) in [5, 5.41) is 19.6. The summed E-state index contributed by atoms with van der Waals surface area (Å²) in [4.78, 5) is 0. The molecule has 0 aromatic heterocycles. The third-order valence-electron chi connectivity index (χ3n) is 4.58. The zero-order valence-electron chi connectivity index (χ0n) is 15.3. The fourth-order valence-corrected chi connectivity index (χ4v) is 3.15. The molecule has 1 aliphatic heterocycles. The first kappa shape index (κ1) is 19.9. The molecule has 1 fully saturated rings. The summed E-state index contributed by atoms with van der Waals surface area (Å²) in [5.74, 6) is 0. The Morgan fingerprint density at radius 2 is 1.41 bits per heavy atom. The lowest BCUT2D eigenvalue weighted by molar-refractivity contribution is -0.177. The maximum atomic E-state index is 10.2.